The van der Waals surface area contributed by atoms with E-state index in [4.69, 9.17) is 0 Å². The minimum absolute atomic E-state index is 0.397. The summed E-state index contributed by atoms with van der Waals surface area (Å²) in [5.74, 6) is 0. The summed E-state index contributed by atoms with van der Waals surface area (Å²) >= 11 is 1.67. The molecule has 0 aliphatic rings. The lowest BCUT2D eigenvalue weighted by Gasteiger charge is -2.16. The molecule has 0 bridgehead atoms. The number of hydrogen-bond acceptors (Lipinski definition) is 4. The first-order valence-electron chi connectivity index (χ1n) is 6.88. The molecule has 0 radical (unpaired) electrons. The maximum absolute atomic E-state index is 4.66. The molecule has 0 saturated heterocycles. The summed E-state index contributed by atoms with van der Waals surface area (Å²) in [5.41, 5.74) is 2.41. The van der Waals surface area contributed by atoms with Crippen LogP contribution in [0, 0.1) is 0 Å². The molecule has 0 aliphatic heterocycles. The van der Waals surface area contributed by atoms with Crippen LogP contribution in [-0.4, -0.2) is 27.0 Å². The fraction of sp³-hybridized carbons (Fsp3) is 0.333. The van der Waals surface area contributed by atoms with Crippen molar-refractivity contribution in [3.8, 4) is 0 Å². The van der Waals surface area contributed by atoms with Crippen molar-refractivity contribution in [2.24, 2.45) is 0 Å². The number of rotatable bonds is 6. The molecular formula is C15H18N4S. The van der Waals surface area contributed by atoms with Gasteiger partial charge in [0.2, 0.25) is 0 Å². The van der Waals surface area contributed by atoms with Crippen LogP contribution in [0.25, 0.3) is 4.96 Å². The molecule has 4 nitrogen and oxygen atoms in total. The SMILES string of the molecule is CCNC(Cc1cccnc1)Cc1cn2ccsc2n1. The van der Waals surface area contributed by atoms with Gasteiger partial charge in [-0.1, -0.05) is 13.0 Å². The zero-order chi connectivity index (χ0) is 13.8. The number of likely N-dealkylation sites (N-methyl/N-ethyl adjacent to an activating group) is 1. The first-order valence-corrected chi connectivity index (χ1v) is 7.76. The quantitative estimate of drug-likeness (QED) is 0.757. The Bertz CT molecular complexity index is 630. The monoisotopic (exact) mass is 286 g/mol. The Balaban J connectivity index is 1.72. The van der Waals surface area contributed by atoms with E-state index in [1.54, 1.807) is 11.3 Å². The summed E-state index contributed by atoms with van der Waals surface area (Å²) in [4.78, 5) is 9.91. The second-order valence-corrected chi connectivity index (χ2v) is 5.72. The van der Waals surface area contributed by atoms with Crippen LogP contribution in [0.5, 0.6) is 0 Å². The van der Waals surface area contributed by atoms with Crippen LogP contribution < -0.4 is 5.32 Å². The molecule has 5 heteroatoms. The van der Waals surface area contributed by atoms with E-state index < -0.39 is 0 Å². The van der Waals surface area contributed by atoms with E-state index in [1.165, 1.54) is 5.56 Å². The standard InChI is InChI=1S/C15H18N4S/c1-2-17-13(8-12-4-3-5-16-10-12)9-14-11-19-6-7-20-15(19)18-14/h3-7,10-11,13,17H,2,8-9H2,1H3. The average Bonchev–Trinajstić information content (AvgIpc) is 3.01. The fourth-order valence-electron chi connectivity index (χ4n) is 2.44. The normalized spacial score (nSPS) is 12.8. The molecule has 3 rings (SSSR count). The molecule has 3 aromatic rings. The highest BCUT2D eigenvalue weighted by Gasteiger charge is 2.12. The minimum atomic E-state index is 0.397. The van der Waals surface area contributed by atoms with Gasteiger partial charge < -0.3 is 5.32 Å². The highest BCUT2D eigenvalue weighted by molar-refractivity contribution is 7.15. The third-order valence-electron chi connectivity index (χ3n) is 3.30. The van der Waals surface area contributed by atoms with Crippen LogP contribution in [0.3, 0.4) is 0 Å². The molecule has 104 valence electrons. The molecule has 0 saturated carbocycles. The first-order chi connectivity index (χ1) is 9.85. The summed E-state index contributed by atoms with van der Waals surface area (Å²) in [7, 11) is 0. The molecule has 0 aromatic carbocycles. The van der Waals surface area contributed by atoms with E-state index in [0.29, 0.717) is 6.04 Å². The maximum Gasteiger partial charge on any atom is 0.193 e. The molecule has 0 fully saturated rings. The van der Waals surface area contributed by atoms with Gasteiger partial charge in [0.25, 0.3) is 0 Å². The molecule has 0 spiro atoms. The number of nitrogens with one attached hydrogen (secondary N) is 1. The molecule has 3 heterocycles. The molecule has 0 aliphatic carbocycles. The van der Waals surface area contributed by atoms with Gasteiger partial charge in [0.15, 0.2) is 4.96 Å². The number of fused-ring (bicyclic) bond motifs is 1. The summed E-state index contributed by atoms with van der Waals surface area (Å²) in [5, 5.41) is 5.60. The first kappa shape index (κ1) is 13.3. The van der Waals surface area contributed by atoms with Crippen LogP contribution >= 0.6 is 11.3 Å². The van der Waals surface area contributed by atoms with Crippen molar-refractivity contribution in [3.63, 3.8) is 0 Å². The van der Waals surface area contributed by atoms with Crippen LogP contribution in [0.1, 0.15) is 18.2 Å². The molecule has 1 unspecified atom stereocenters. The topological polar surface area (TPSA) is 42.2 Å². The maximum atomic E-state index is 4.66. The molecule has 0 amide bonds. The van der Waals surface area contributed by atoms with Crippen molar-refractivity contribution in [3.05, 3.63) is 53.6 Å². The lowest BCUT2D eigenvalue weighted by Crippen LogP contribution is -2.33. The second-order valence-electron chi connectivity index (χ2n) is 4.85. The predicted octanol–water partition coefficient (Wildman–Crippen LogP) is 2.55. The van der Waals surface area contributed by atoms with Gasteiger partial charge in [-0.05, 0) is 24.6 Å². The van der Waals surface area contributed by atoms with Crippen molar-refractivity contribution >= 4 is 16.3 Å². The number of thiazole rings is 1. The van der Waals surface area contributed by atoms with Gasteiger partial charge in [-0.25, -0.2) is 4.98 Å². The highest BCUT2D eigenvalue weighted by Crippen LogP contribution is 2.14. The van der Waals surface area contributed by atoms with Gasteiger partial charge in [0, 0.05) is 42.6 Å². The van der Waals surface area contributed by atoms with Crippen molar-refractivity contribution < 1.29 is 0 Å². The Morgan fingerprint density at radius 3 is 3.10 bits per heavy atom. The van der Waals surface area contributed by atoms with Crippen LogP contribution in [-0.2, 0) is 12.8 Å². The van der Waals surface area contributed by atoms with Crippen LogP contribution in [0.2, 0.25) is 0 Å². The summed E-state index contributed by atoms with van der Waals surface area (Å²) in [6, 6.07) is 4.52. The van der Waals surface area contributed by atoms with Crippen LogP contribution in [0.4, 0.5) is 0 Å². The van der Waals surface area contributed by atoms with Gasteiger partial charge in [0.1, 0.15) is 0 Å². The lowest BCUT2D eigenvalue weighted by atomic mass is 10.0. The number of pyridine rings is 1. The van der Waals surface area contributed by atoms with Crippen molar-refractivity contribution in [1.82, 2.24) is 19.7 Å². The van der Waals surface area contributed by atoms with Gasteiger partial charge in [-0.3, -0.25) is 9.38 Å². The summed E-state index contributed by atoms with van der Waals surface area (Å²) in [6.07, 6.45) is 9.86. The van der Waals surface area contributed by atoms with Crippen LogP contribution in [0.15, 0.2) is 42.3 Å². The van der Waals surface area contributed by atoms with E-state index in [-0.39, 0.29) is 0 Å². The average molecular weight is 286 g/mol. The lowest BCUT2D eigenvalue weighted by molar-refractivity contribution is 0.517. The number of hydrogen-bond donors (Lipinski definition) is 1. The predicted molar refractivity (Wildman–Crippen MR) is 82.2 cm³/mol. The van der Waals surface area contributed by atoms with Crippen molar-refractivity contribution in [1.29, 1.82) is 0 Å². The Kier molecular flexibility index (Phi) is 4.08. The van der Waals surface area contributed by atoms with E-state index in [0.717, 1.165) is 30.0 Å². The van der Waals surface area contributed by atoms with Gasteiger partial charge in [-0.2, -0.15) is 0 Å². The summed E-state index contributed by atoms with van der Waals surface area (Å²) in [6.45, 7) is 3.11. The zero-order valence-corrected chi connectivity index (χ0v) is 12.3. The highest BCUT2D eigenvalue weighted by atomic mass is 32.1. The number of nitrogens with zero attached hydrogens (tertiary/aromatic N) is 3. The van der Waals surface area contributed by atoms with Gasteiger partial charge in [0.05, 0.1) is 5.69 Å². The largest absolute Gasteiger partial charge is 0.314 e. The van der Waals surface area contributed by atoms with E-state index in [9.17, 15) is 0 Å². The van der Waals surface area contributed by atoms with E-state index in [1.807, 2.05) is 18.5 Å². The summed E-state index contributed by atoms with van der Waals surface area (Å²) < 4.78 is 2.09. The van der Waals surface area contributed by atoms with Crippen molar-refractivity contribution in [2.75, 3.05) is 6.54 Å². The number of imidazole rings is 1. The zero-order valence-electron chi connectivity index (χ0n) is 11.5. The Labute approximate surface area is 122 Å². The third kappa shape index (κ3) is 3.05. The molecule has 20 heavy (non-hydrogen) atoms. The van der Waals surface area contributed by atoms with E-state index in [2.05, 4.69) is 50.4 Å². The van der Waals surface area contributed by atoms with Gasteiger partial charge in [-0.15, -0.1) is 11.3 Å². The third-order valence-corrected chi connectivity index (χ3v) is 4.07. The van der Waals surface area contributed by atoms with E-state index >= 15 is 0 Å². The minimum Gasteiger partial charge on any atom is -0.314 e. The Morgan fingerprint density at radius 2 is 2.35 bits per heavy atom. The van der Waals surface area contributed by atoms with Crippen molar-refractivity contribution in [2.45, 2.75) is 25.8 Å². The fourth-order valence-corrected chi connectivity index (χ4v) is 3.15. The molecular weight excluding hydrogens is 268 g/mol. The molecule has 3 aromatic heterocycles. The second kappa shape index (κ2) is 6.15. The van der Waals surface area contributed by atoms with Gasteiger partial charge >= 0.3 is 0 Å². The Hall–Kier alpha value is -1.72. The smallest absolute Gasteiger partial charge is 0.193 e. The molecule has 1 N–H and O–H groups in total. The Morgan fingerprint density at radius 1 is 1.40 bits per heavy atom. The molecule has 1 atom stereocenters. The number of aromatic nitrogens is 3.